The first kappa shape index (κ1) is 23.1. The fourth-order valence-electron chi connectivity index (χ4n) is 4.96. The third-order valence-electron chi connectivity index (χ3n) is 6.55. The van der Waals surface area contributed by atoms with E-state index in [9.17, 15) is 0 Å². The van der Waals surface area contributed by atoms with E-state index in [1.807, 2.05) is 0 Å². The number of allylic oxidation sites excluding steroid dienone is 2. The lowest BCUT2D eigenvalue weighted by Crippen LogP contribution is -2.00. The van der Waals surface area contributed by atoms with Crippen LogP contribution in [0.5, 0.6) is 11.5 Å². The molecule has 0 bridgehead atoms. The van der Waals surface area contributed by atoms with Gasteiger partial charge in [0.25, 0.3) is 0 Å². The zero-order chi connectivity index (χ0) is 24.4. The number of rotatable bonds is 6. The average Bonchev–Trinajstić information content (AvgIpc) is 3.16. The molecule has 4 aromatic rings. The minimum Gasteiger partial charge on any atom is -0.497 e. The Balaban J connectivity index is 1.86. The van der Waals surface area contributed by atoms with Gasteiger partial charge in [0.05, 0.1) is 14.2 Å². The van der Waals surface area contributed by atoms with E-state index in [0.29, 0.717) is 0 Å². The first-order chi connectivity index (χ1) is 17.0. The second-order valence-electron chi connectivity index (χ2n) is 8.92. The van der Waals surface area contributed by atoms with Gasteiger partial charge >= 0.3 is 0 Å². The van der Waals surface area contributed by atoms with Crippen LogP contribution in [0.25, 0.3) is 21.0 Å². The molecule has 0 amide bonds. The maximum absolute atomic E-state index is 5.47. The Morgan fingerprint density at radius 1 is 0.429 bits per heavy atom. The topological polar surface area (TPSA) is 18.5 Å². The van der Waals surface area contributed by atoms with Crippen molar-refractivity contribution in [2.24, 2.45) is 0 Å². The number of hydrogen-bond acceptors (Lipinski definition) is 2. The molecule has 5 rings (SSSR count). The molecule has 0 aromatic heterocycles. The van der Waals surface area contributed by atoms with Crippen LogP contribution in [0, 0.1) is 0 Å². The molecule has 3 heteroatoms. The van der Waals surface area contributed by atoms with E-state index in [4.69, 9.17) is 9.47 Å². The summed E-state index contributed by atoms with van der Waals surface area (Å²) in [6.45, 7) is 0. The van der Waals surface area contributed by atoms with E-state index < -0.39 is 10.0 Å². The van der Waals surface area contributed by atoms with E-state index in [-0.39, 0.29) is 0 Å². The predicted octanol–water partition coefficient (Wildman–Crippen LogP) is 8.22. The molecule has 0 saturated heterocycles. The molecule has 1 heterocycles. The number of hydrogen-bond donors (Lipinski definition) is 0. The van der Waals surface area contributed by atoms with Crippen molar-refractivity contribution < 1.29 is 9.47 Å². The van der Waals surface area contributed by atoms with Gasteiger partial charge in [0.15, 0.2) is 0 Å². The fraction of sp³-hybridized carbons (Fsp3) is 0.125. The predicted molar refractivity (Wildman–Crippen MR) is 152 cm³/mol. The molecule has 0 spiro atoms. The van der Waals surface area contributed by atoms with E-state index in [1.165, 1.54) is 43.2 Å². The van der Waals surface area contributed by atoms with Gasteiger partial charge in [-0.3, -0.25) is 0 Å². The molecule has 0 saturated carbocycles. The molecule has 4 aromatic carbocycles. The lowest BCUT2D eigenvalue weighted by Gasteiger charge is -2.34. The second kappa shape index (κ2) is 9.52. The summed E-state index contributed by atoms with van der Waals surface area (Å²) < 4.78 is 10.9. The highest BCUT2D eigenvalue weighted by atomic mass is 32.3. The van der Waals surface area contributed by atoms with Gasteiger partial charge in [-0.05, 0) is 59.0 Å². The Labute approximate surface area is 209 Å². The minimum atomic E-state index is -1.39. The molecule has 1 aliphatic rings. The standard InChI is InChI=1S/C32H30O2S/c1-33-27-19-15-25(16-20-27)31-29(23-11-7-5-8-12-23)30(24-13-9-6-10-14-24)32(35(31,3)4)26-17-21-28(34-2)22-18-26/h5-22H,1-4H3. The molecule has 0 fully saturated rings. The van der Waals surface area contributed by atoms with Gasteiger partial charge in [-0.1, -0.05) is 84.9 Å². The molecule has 2 nitrogen and oxygen atoms in total. The van der Waals surface area contributed by atoms with Gasteiger partial charge in [0, 0.05) is 21.0 Å². The van der Waals surface area contributed by atoms with Crippen LogP contribution in [-0.2, 0) is 0 Å². The van der Waals surface area contributed by atoms with E-state index in [2.05, 4.69) is 122 Å². The van der Waals surface area contributed by atoms with E-state index in [1.54, 1.807) is 14.2 Å². The molecule has 0 atom stereocenters. The molecular formula is C32H30O2S. The molecule has 0 N–H and O–H groups in total. The molecule has 0 unspecified atom stereocenters. The summed E-state index contributed by atoms with van der Waals surface area (Å²) in [6.07, 6.45) is 4.84. The van der Waals surface area contributed by atoms with Crippen molar-refractivity contribution in [1.29, 1.82) is 0 Å². The maximum Gasteiger partial charge on any atom is 0.118 e. The normalized spacial score (nSPS) is 15.8. The van der Waals surface area contributed by atoms with Crippen LogP contribution in [0.4, 0.5) is 0 Å². The second-order valence-corrected chi connectivity index (χ2v) is 12.4. The Hall–Kier alpha value is -3.69. The van der Waals surface area contributed by atoms with Crippen molar-refractivity contribution in [3.05, 3.63) is 131 Å². The lowest BCUT2D eigenvalue weighted by atomic mass is 9.89. The molecule has 176 valence electrons. The molecule has 35 heavy (non-hydrogen) atoms. The van der Waals surface area contributed by atoms with Crippen LogP contribution in [-0.4, -0.2) is 26.7 Å². The van der Waals surface area contributed by atoms with Gasteiger partial charge in [-0.2, -0.15) is 10.0 Å². The molecule has 0 aliphatic carbocycles. The monoisotopic (exact) mass is 478 g/mol. The van der Waals surface area contributed by atoms with Crippen LogP contribution >= 0.6 is 10.0 Å². The van der Waals surface area contributed by atoms with Crippen LogP contribution in [0.2, 0.25) is 0 Å². The van der Waals surface area contributed by atoms with Crippen molar-refractivity contribution in [2.75, 3.05) is 26.7 Å². The first-order valence-corrected chi connectivity index (χ1v) is 14.1. The highest BCUT2D eigenvalue weighted by Crippen LogP contribution is 2.74. The van der Waals surface area contributed by atoms with Crippen molar-refractivity contribution >= 4 is 31.0 Å². The molecular weight excluding hydrogens is 448 g/mol. The number of methoxy groups -OCH3 is 2. The lowest BCUT2D eigenvalue weighted by molar-refractivity contribution is 0.414. The van der Waals surface area contributed by atoms with Gasteiger partial charge < -0.3 is 9.47 Å². The summed E-state index contributed by atoms with van der Waals surface area (Å²) in [4.78, 5) is 2.80. The van der Waals surface area contributed by atoms with Gasteiger partial charge in [-0.15, -0.1) is 0 Å². The largest absolute Gasteiger partial charge is 0.497 e. The summed E-state index contributed by atoms with van der Waals surface area (Å²) in [6, 6.07) is 38.7. The van der Waals surface area contributed by atoms with Crippen molar-refractivity contribution in [2.45, 2.75) is 0 Å². The summed E-state index contributed by atoms with van der Waals surface area (Å²) in [5.41, 5.74) is 7.58. The van der Waals surface area contributed by atoms with Crippen LogP contribution in [0.15, 0.2) is 109 Å². The Kier molecular flexibility index (Phi) is 6.27. The van der Waals surface area contributed by atoms with Crippen LogP contribution in [0.1, 0.15) is 22.3 Å². The van der Waals surface area contributed by atoms with Crippen molar-refractivity contribution in [1.82, 2.24) is 0 Å². The molecule has 0 radical (unpaired) electrons. The zero-order valence-corrected chi connectivity index (χ0v) is 21.4. The number of ether oxygens (including phenoxy) is 2. The van der Waals surface area contributed by atoms with Crippen LogP contribution in [0.3, 0.4) is 0 Å². The minimum absolute atomic E-state index is 0.869. The SMILES string of the molecule is COc1ccc(C2=C(c3ccccc3)C(c3ccccc3)=C(c3ccc(OC)cc3)S2(C)C)cc1. The zero-order valence-electron chi connectivity index (χ0n) is 20.6. The highest BCUT2D eigenvalue weighted by Gasteiger charge is 2.39. The highest BCUT2D eigenvalue weighted by molar-refractivity contribution is 8.47. The van der Waals surface area contributed by atoms with Gasteiger partial charge in [0.2, 0.25) is 0 Å². The Bertz CT molecular complexity index is 1270. The average molecular weight is 479 g/mol. The smallest absolute Gasteiger partial charge is 0.118 e. The Morgan fingerprint density at radius 3 is 1.09 bits per heavy atom. The molecule has 1 aliphatic heterocycles. The van der Waals surface area contributed by atoms with E-state index in [0.717, 1.165) is 11.5 Å². The fourth-order valence-corrected chi connectivity index (χ4v) is 8.08. The Morgan fingerprint density at radius 2 is 0.771 bits per heavy atom. The summed E-state index contributed by atoms with van der Waals surface area (Å²) in [5, 5.41) is 0. The summed E-state index contributed by atoms with van der Waals surface area (Å²) in [7, 11) is 2.04. The van der Waals surface area contributed by atoms with Gasteiger partial charge in [0.1, 0.15) is 11.5 Å². The van der Waals surface area contributed by atoms with E-state index >= 15 is 0 Å². The third kappa shape index (κ3) is 4.17. The summed E-state index contributed by atoms with van der Waals surface area (Å²) in [5.74, 6) is 1.74. The first-order valence-electron chi connectivity index (χ1n) is 11.7. The van der Waals surface area contributed by atoms with Gasteiger partial charge in [-0.25, -0.2) is 0 Å². The van der Waals surface area contributed by atoms with Crippen molar-refractivity contribution in [3.8, 4) is 11.5 Å². The quantitative estimate of drug-likeness (QED) is 0.278. The van der Waals surface area contributed by atoms with Crippen LogP contribution < -0.4 is 9.47 Å². The van der Waals surface area contributed by atoms with Crippen molar-refractivity contribution in [3.63, 3.8) is 0 Å². The number of benzene rings is 4. The third-order valence-corrected chi connectivity index (χ3v) is 9.47. The maximum atomic E-state index is 5.47. The summed E-state index contributed by atoms with van der Waals surface area (Å²) >= 11 is 0.